The fourth-order valence-electron chi connectivity index (χ4n) is 5.49. The highest BCUT2D eigenvalue weighted by molar-refractivity contribution is 8.00. The molecule has 3 aromatic carbocycles. The fraction of sp³-hybridized carbons (Fsp3) is 0.133. The second-order valence-corrected chi connectivity index (χ2v) is 12.9. The van der Waals surface area contributed by atoms with Gasteiger partial charge in [0.05, 0.1) is 16.6 Å². The monoisotopic (exact) mass is 601 g/mol. The summed E-state index contributed by atoms with van der Waals surface area (Å²) in [4.78, 5) is 56.2. The van der Waals surface area contributed by atoms with E-state index in [1.807, 2.05) is 60.0 Å². The molecule has 5 aromatic rings. The van der Waals surface area contributed by atoms with Crippen LogP contribution >= 0.6 is 34.4 Å². The van der Waals surface area contributed by atoms with Crippen LogP contribution in [0.3, 0.4) is 0 Å². The molecule has 4 heterocycles. The van der Waals surface area contributed by atoms with Crippen molar-refractivity contribution in [2.24, 2.45) is 5.92 Å². The van der Waals surface area contributed by atoms with Crippen LogP contribution in [0.1, 0.15) is 15.7 Å². The Balaban J connectivity index is 1.23. The highest BCUT2D eigenvalue weighted by Crippen LogP contribution is 2.54. The zero-order chi connectivity index (χ0) is 28.2. The highest BCUT2D eigenvalue weighted by Gasteiger charge is 2.57. The number of imide groups is 1. The van der Waals surface area contributed by atoms with E-state index in [0.717, 1.165) is 43.6 Å². The van der Waals surface area contributed by atoms with Gasteiger partial charge in [0.1, 0.15) is 17.6 Å². The van der Waals surface area contributed by atoms with Crippen LogP contribution < -0.4 is 15.1 Å². The average molecular weight is 602 g/mol. The third-order valence-corrected chi connectivity index (χ3v) is 10.9. The minimum Gasteiger partial charge on any atom is -0.325 e. The van der Waals surface area contributed by atoms with E-state index in [1.165, 1.54) is 40.2 Å². The van der Waals surface area contributed by atoms with Crippen molar-refractivity contribution >= 4 is 74.3 Å². The van der Waals surface area contributed by atoms with Crippen LogP contribution in [0, 0.1) is 11.7 Å². The molecule has 0 saturated carbocycles. The Morgan fingerprint density at radius 3 is 2.44 bits per heavy atom. The standard InChI is InChI=1S/C30H20FN3O4S3/c31-18-8-11-20(12-9-18)34-27(36)24-23(21-6-3-13-39-21)26-29(40-25(24)28(34)37)33(30(38)41-26)15-22(35)32-19-10-7-16-4-1-2-5-17(16)14-19/h1-14,23-25H,15H2,(H,32,35)/t23-,24?,25?/m1/s1. The van der Waals surface area contributed by atoms with Crippen molar-refractivity contribution < 1.29 is 18.8 Å². The van der Waals surface area contributed by atoms with E-state index in [1.54, 1.807) is 0 Å². The van der Waals surface area contributed by atoms with Crippen LogP contribution in [0.4, 0.5) is 15.8 Å². The summed E-state index contributed by atoms with van der Waals surface area (Å²) in [5.41, 5.74) is 0.915. The number of nitrogens with zero attached hydrogens (tertiary/aromatic N) is 2. The molecule has 1 N–H and O–H groups in total. The number of benzene rings is 3. The first kappa shape index (κ1) is 25.9. The molecule has 0 aliphatic carbocycles. The quantitative estimate of drug-likeness (QED) is 0.261. The molecule has 2 aliphatic rings. The van der Waals surface area contributed by atoms with Crippen LogP contribution in [-0.2, 0) is 20.9 Å². The molecule has 41 heavy (non-hydrogen) atoms. The molecule has 7 nitrogen and oxygen atoms in total. The summed E-state index contributed by atoms with van der Waals surface area (Å²) in [5.74, 6) is -2.90. The molecule has 1 fully saturated rings. The Bertz CT molecular complexity index is 1900. The summed E-state index contributed by atoms with van der Waals surface area (Å²) >= 11 is 3.61. The van der Waals surface area contributed by atoms with E-state index < -0.39 is 28.8 Å². The maximum absolute atomic E-state index is 13.8. The van der Waals surface area contributed by atoms with Gasteiger partial charge in [-0.25, -0.2) is 9.29 Å². The maximum Gasteiger partial charge on any atom is 0.308 e. The Kier molecular flexibility index (Phi) is 6.37. The Morgan fingerprint density at radius 2 is 1.68 bits per heavy atom. The summed E-state index contributed by atoms with van der Waals surface area (Å²) < 4.78 is 15.0. The van der Waals surface area contributed by atoms with Crippen LogP contribution in [0.5, 0.6) is 0 Å². The van der Waals surface area contributed by atoms with Crippen molar-refractivity contribution in [3.8, 4) is 0 Å². The number of hydrogen-bond donors (Lipinski definition) is 1. The van der Waals surface area contributed by atoms with Crippen molar-refractivity contribution in [2.45, 2.75) is 22.7 Å². The molecular formula is C30H20FN3O4S3. The number of thioether (sulfide) groups is 1. The van der Waals surface area contributed by atoms with Gasteiger partial charge in [-0.1, -0.05) is 59.5 Å². The number of rotatable bonds is 5. The van der Waals surface area contributed by atoms with Gasteiger partial charge < -0.3 is 5.32 Å². The number of carbonyl (C=O) groups excluding carboxylic acids is 3. The van der Waals surface area contributed by atoms with Crippen LogP contribution in [-0.4, -0.2) is 27.5 Å². The molecule has 3 atom stereocenters. The summed E-state index contributed by atoms with van der Waals surface area (Å²) in [6.45, 7) is -0.233. The number of halogens is 1. The Morgan fingerprint density at radius 1 is 0.902 bits per heavy atom. The SMILES string of the molecule is O=C(Cn1c2c(sc1=O)[C@H](c1cccs1)C1C(=O)N(c3ccc(F)cc3)C(=O)C1S2)Nc1ccc2ccccc2c1. The van der Waals surface area contributed by atoms with Crippen molar-refractivity contribution in [3.63, 3.8) is 0 Å². The first-order valence-electron chi connectivity index (χ1n) is 12.7. The lowest BCUT2D eigenvalue weighted by Gasteiger charge is -2.29. The Hall–Kier alpha value is -4.06. The molecule has 2 aromatic heterocycles. The van der Waals surface area contributed by atoms with Gasteiger partial charge in [0.25, 0.3) is 0 Å². The highest BCUT2D eigenvalue weighted by atomic mass is 32.2. The van der Waals surface area contributed by atoms with Gasteiger partial charge in [0.2, 0.25) is 17.7 Å². The zero-order valence-electron chi connectivity index (χ0n) is 21.2. The predicted octanol–water partition coefficient (Wildman–Crippen LogP) is 5.70. The first-order chi connectivity index (χ1) is 19.9. The minimum atomic E-state index is -0.795. The largest absolute Gasteiger partial charge is 0.325 e. The number of nitrogens with one attached hydrogen (secondary N) is 1. The molecule has 0 bridgehead atoms. The van der Waals surface area contributed by atoms with Crippen LogP contribution in [0.2, 0.25) is 0 Å². The fourth-order valence-corrected chi connectivity index (χ4v) is 9.21. The van der Waals surface area contributed by atoms with Gasteiger partial charge >= 0.3 is 4.87 Å². The number of fused-ring (bicyclic) bond motifs is 3. The number of aromatic nitrogens is 1. The first-order valence-corrected chi connectivity index (χ1v) is 15.3. The van der Waals surface area contributed by atoms with E-state index >= 15 is 0 Å². The smallest absolute Gasteiger partial charge is 0.308 e. The second-order valence-electron chi connectivity index (χ2n) is 9.78. The number of amides is 3. The van der Waals surface area contributed by atoms with Gasteiger partial charge in [-0.05, 0) is 58.6 Å². The lowest BCUT2D eigenvalue weighted by atomic mass is 9.87. The molecule has 0 spiro atoms. The second kappa shape index (κ2) is 10.1. The van der Waals surface area contributed by atoms with E-state index in [9.17, 15) is 23.6 Å². The third-order valence-electron chi connectivity index (χ3n) is 7.32. The van der Waals surface area contributed by atoms with Gasteiger partial charge in [0, 0.05) is 21.4 Å². The minimum absolute atomic E-state index is 0.233. The summed E-state index contributed by atoms with van der Waals surface area (Å²) in [5, 5.41) is 6.52. The lowest BCUT2D eigenvalue weighted by molar-refractivity contribution is -0.122. The Labute approximate surface area is 245 Å². The number of thiophene rings is 1. The van der Waals surface area contributed by atoms with E-state index in [4.69, 9.17) is 0 Å². The van der Waals surface area contributed by atoms with E-state index in [0.29, 0.717) is 21.3 Å². The predicted molar refractivity (Wildman–Crippen MR) is 159 cm³/mol. The summed E-state index contributed by atoms with van der Waals surface area (Å²) in [6.07, 6.45) is 0. The van der Waals surface area contributed by atoms with Crippen molar-refractivity contribution in [1.29, 1.82) is 0 Å². The molecule has 2 unspecified atom stereocenters. The van der Waals surface area contributed by atoms with Gasteiger partial charge in [-0.15, -0.1) is 11.3 Å². The number of anilines is 2. The molecule has 204 valence electrons. The van der Waals surface area contributed by atoms with Gasteiger partial charge in [-0.3, -0.25) is 23.7 Å². The summed E-state index contributed by atoms with van der Waals surface area (Å²) in [7, 11) is 0. The van der Waals surface area contributed by atoms with Gasteiger partial charge in [-0.2, -0.15) is 0 Å². The molecular weight excluding hydrogens is 582 g/mol. The lowest BCUT2D eigenvalue weighted by Crippen LogP contribution is -2.32. The third kappa shape index (κ3) is 4.41. The van der Waals surface area contributed by atoms with E-state index in [2.05, 4.69) is 5.32 Å². The normalized spacial score (nSPS) is 19.8. The molecule has 3 amide bonds. The van der Waals surface area contributed by atoms with Crippen molar-refractivity contribution in [3.05, 3.63) is 109 Å². The molecule has 2 aliphatic heterocycles. The van der Waals surface area contributed by atoms with Crippen molar-refractivity contribution in [1.82, 2.24) is 4.57 Å². The van der Waals surface area contributed by atoms with Crippen LogP contribution in [0.15, 0.2) is 94.1 Å². The zero-order valence-corrected chi connectivity index (χ0v) is 23.6. The molecule has 11 heteroatoms. The topological polar surface area (TPSA) is 88.5 Å². The maximum atomic E-state index is 13.8. The molecule has 7 rings (SSSR count). The number of hydrogen-bond acceptors (Lipinski definition) is 7. The number of thiazole rings is 1. The van der Waals surface area contributed by atoms with Crippen LogP contribution in [0.25, 0.3) is 10.8 Å². The average Bonchev–Trinajstić information content (AvgIpc) is 3.66. The summed E-state index contributed by atoms with van der Waals surface area (Å²) in [6, 6.07) is 22.4. The number of carbonyl (C=O) groups is 3. The molecule has 1 saturated heterocycles. The van der Waals surface area contributed by atoms with Crippen molar-refractivity contribution in [2.75, 3.05) is 10.2 Å². The van der Waals surface area contributed by atoms with E-state index in [-0.39, 0.29) is 23.2 Å². The van der Waals surface area contributed by atoms with Gasteiger partial charge in [0.15, 0.2) is 0 Å². The molecule has 0 radical (unpaired) electrons.